The van der Waals surface area contributed by atoms with E-state index in [9.17, 15) is 9.59 Å². The second kappa shape index (κ2) is 4.23. The number of thioether (sulfide) groups is 1. The molecular formula is C14H19N3O2S. The first-order valence-electron chi connectivity index (χ1n) is 7.40. The van der Waals surface area contributed by atoms with E-state index >= 15 is 0 Å². The van der Waals surface area contributed by atoms with E-state index in [1.54, 1.807) is 0 Å². The predicted octanol–water partition coefficient (Wildman–Crippen LogP) is 1.03. The van der Waals surface area contributed by atoms with Crippen LogP contribution in [-0.4, -0.2) is 27.8 Å². The maximum absolute atomic E-state index is 11.8. The molecule has 1 aliphatic heterocycles. The average molecular weight is 293 g/mol. The highest BCUT2D eigenvalue weighted by atomic mass is 32.2. The quantitative estimate of drug-likeness (QED) is 0.815. The molecule has 0 aromatic carbocycles. The lowest BCUT2D eigenvalue weighted by Gasteiger charge is -2.29. The zero-order valence-electron chi connectivity index (χ0n) is 11.3. The van der Waals surface area contributed by atoms with E-state index in [4.69, 9.17) is 10.7 Å². The van der Waals surface area contributed by atoms with Gasteiger partial charge in [0.1, 0.15) is 5.25 Å². The molecule has 4 bridgehead atoms. The van der Waals surface area contributed by atoms with Crippen LogP contribution in [0.4, 0.5) is 0 Å². The summed E-state index contributed by atoms with van der Waals surface area (Å²) in [6.07, 6.45) is 6.49. The Kier molecular flexibility index (Phi) is 2.68. The fourth-order valence-corrected chi connectivity index (χ4v) is 5.99. The van der Waals surface area contributed by atoms with Crippen molar-refractivity contribution in [1.82, 2.24) is 5.32 Å². The van der Waals surface area contributed by atoms with Crippen molar-refractivity contribution >= 4 is 28.7 Å². The van der Waals surface area contributed by atoms with Crippen LogP contribution in [0.1, 0.15) is 38.5 Å². The van der Waals surface area contributed by atoms with Gasteiger partial charge >= 0.3 is 0 Å². The molecule has 5 rings (SSSR count). The third-order valence-corrected chi connectivity index (χ3v) is 6.52. The second-order valence-electron chi connectivity index (χ2n) is 6.83. The van der Waals surface area contributed by atoms with Crippen molar-refractivity contribution in [1.29, 1.82) is 0 Å². The Labute approximate surface area is 122 Å². The Balaban J connectivity index is 1.54. The van der Waals surface area contributed by atoms with E-state index in [0.717, 1.165) is 17.0 Å². The van der Waals surface area contributed by atoms with Crippen molar-refractivity contribution in [2.24, 2.45) is 28.5 Å². The third kappa shape index (κ3) is 1.88. The fourth-order valence-electron chi connectivity index (χ4n) is 4.91. The summed E-state index contributed by atoms with van der Waals surface area (Å²) in [6.45, 7) is 0. The van der Waals surface area contributed by atoms with Crippen LogP contribution in [0.5, 0.6) is 0 Å². The number of hydrogen-bond acceptors (Lipinski definition) is 4. The summed E-state index contributed by atoms with van der Waals surface area (Å²) >= 11 is 1.38. The Morgan fingerprint density at radius 3 is 2.70 bits per heavy atom. The van der Waals surface area contributed by atoms with Gasteiger partial charge in [-0.1, -0.05) is 11.8 Å². The minimum absolute atomic E-state index is 0.0881. The number of amidine groups is 1. The van der Waals surface area contributed by atoms with E-state index in [0.29, 0.717) is 5.92 Å². The topological polar surface area (TPSA) is 84.6 Å². The molecule has 0 aromatic heterocycles. The Morgan fingerprint density at radius 2 is 2.05 bits per heavy atom. The molecule has 0 spiro atoms. The SMILES string of the molecule is NC(=O)CC1SC(=NC23CC4CC(CC2C4)C3)NC1=O. The van der Waals surface area contributed by atoms with Gasteiger partial charge < -0.3 is 11.1 Å². The first-order valence-corrected chi connectivity index (χ1v) is 8.28. The molecule has 1 saturated heterocycles. The normalized spacial score (nSPS) is 47.2. The Bertz CT molecular complexity index is 505. The molecule has 5 aliphatic rings. The van der Waals surface area contributed by atoms with Crippen LogP contribution in [0, 0.1) is 17.8 Å². The van der Waals surface area contributed by atoms with Crippen molar-refractivity contribution in [3.8, 4) is 0 Å². The minimum atomic E-state index is -0.432. The summed E-state index contributed by atoms with van der Waals surface area (Å²) in [6, 6.07) is 0. The summed E-state index contributed by atoms with van der Waals surface area (Å²) in [5.41, 5.74) is 5.27. The summed E-state index contributed by atoms with van der Waals surface area (Å²) in [5, 5.41) is 3.17. The van der Waals surface area contributed by atoms with Gasteiger partial charge in [0.2, 0.25) is 11.8 Å². The van der Waals surface area contributed by atoms with Crippen molar-refractivity contribution < 1.29 is 9.59 Å². The zero-order chi connectivity index (χ0) is 13.9. The van der Waals surface area contributed by atoms with Crippen LogP contribution in [0.15, 0.2) is 4.99 Å². The Morgan fingerprint density at radius 1 is 1.35 bits per heavy atom. The number of hydrogen-bond donors (Lipinski definition) is 2. The van der Waals surface area contributed by atoms with Crippen LogP contribution in [0.2, 0.25) is 0 Å². The van der Waals surface area contributed by atoms with Crippen LogP contribution in [0.25, 0.3) is 0 Å². The highest BCUT2D eigenvalue weighted by molar-refractivity contribution is 8.15. The van der Waals surface area contributed by atoms with E-state index in [2.05, 4.69) is 5.32 Å². The summed E-state index contributed by atoms with van der Waals surface area (Å²) < 4.78 is 0. The van der Waals surface area contributed by atoms with Gasteiger partial charge in [0.15, 0.2) is 5.17 Å². The molecule has 0 radical (unpaired) electrons. The van der Waals surface area contributed by atoms with Gasteiger partial charge in [0.05, 0.1) is 5.54 Å². The smallest absolute Gasteiger partial charge is 0.240 e. The first kappa shape index (κ1) is 12.7. The van der Waals surface area contributed by atoms with E-state index in [-0.39, 0.29) is 17.9 Å². The van der Waals surface area contributed by atoms with E-state index in [1.807, 2.05) is 0 Å². The standard InChI is InChI=1S/C14H19N3O2S/c15-11(18)4-10-12(19)16-13(20-10)17-14-5-7-1-8(6-14)3-9(14)2-7/h7-10H,1-6H2,(H2,15,18)(H,16,17,19). The number of primary amides is 1. The molecular weight excluding hydrogens is 274 g/mol. The molecule has 4 saturated carbocycles. The molecule has 1 heterocycles. The molecule has 20 heavy (non-hydrogen) atoms. The van der Waals surface area contributed by atoms with E-state index in [1.165, 1.54) is 43.9 Å². The molecule has 5 fully saturated rings. The number of rotatable bonds is 3. The fraction of sp³-hybridized carbons (Fsp3) is 0.786. The zero-order valence-corrected chi connectivity index (χ0v) is 12.1. The van der Waals surface area contributed by atoms with Crippen molar-refractivity contribution in [3.05, 3.63) is 0 Å². The van der Waals surface area contributed by atoms with Crippen LogP contribution < -0.4 is 11.1 Å². The summed E-state index contributed by atoms with van der Waals surface area (Å²) in [5.74, 6) is 1.85. The monoisotopic (exact) mass is 293 g/mol. The number of nitrogens with one attached hydrogen (secondary N) is 1. The van der Waals surface area contributed by atoms with Gasteiger partial charge in [-0.25, -0.2) is 0 Å². The second-order valence-corrected chi connectivity index (χ2v) is 8.02. The number of carbonyl (C=O) groups is 2. The van der Waals surface area contributed by atoms with Gasteiger partial charge in [-0.15, -0.1) is 0 Å². The number of carbonyl (C=O) groups excluding carboxylic acids is 2. The molecule has 3 atom stereocenters. The van der Waals surface area contributed by atoms with Crippen LogP contribution in [0.3, 0.4) is 0 Å². The molecule has 4 aliphatic carbocycles. The molecule has 3 unspecified atom stereocenters. The van der Waals surface area contributed by atoms with Gasteiger partial charge in [-0.05, 0) is 49.9 Å². The van der Waals surface area contributed by atoms with Gasteiger partial charge in [-0.3, -0.25) is 14.6 Å². The first-order chi connectivity index (χ1) is 9.54. The van der Waals surface area contributed by atoms with Crippen molar-refractivity contribution in [3.63, 3.8) is 0 Å². The molecule has 2 amide bonds. The van der Waals surface area contributed by atoms with Crippen LogP contribution in [-0.2, 0) is 9.59 Å². The summed E-state index contributed by atoms with van der Waals surface area (Å²) in [7, 11) is 0. The average Bonchev–Trinajstić information content (AvgIpc) is 2.86. The highest BCUT2D eigenvalue weighted by Crippen LogP contribution is 2.62. The molecule has 6 heteroatoms. The molecule has 108 valence electrons. The Hall–Kier alpha value is -1.04. The van der Waals surface area contributed by atoms with Crippen molar-refractivity contribution in [2.45, 2.75) is 49.3 Å². The van der Waals surface area contributed by atoms with Crippen molar-refractivity contribution in [2.75, 3.05) is 0 Å². The predicted molar refractivity (Wildman–Crippen MR) is 77.1 cm³/mol. The van der Waals surface area contributed by atoms with Gasteiger partial charge in [0, 0.05) is 6.42 Å². The summed E-state index contributed by atoms with van der Waals surface area (Å²) in [4.78, 5) is 27.8. The molecule has 0 aromatic rings. The number of nitrogens with zero attached hydrogens (tertiary/aromatic N) is 1. The van der Waals surface area contributed by atoms with Crippen LogP contribution >= 0.6 is 11.8 Å². The van der Waals surface area contributed by atoms with E-state index < -0.39 is 11.2 Å². The number of aliphatic imine (C=N–C) groups is 1. The largest absolute Gasteiger partial charge is 0.370 e. The van der Waals surface area contributed by atoms with Gasteiger partial charge in [0.25, 0.3) is 0 Å². The molecule has 5 nitrogen and oxygen atoms in total. The maximum atomic E-state index is 11.8. The lowest BCUT2D eigenvalue weighted by Crippen LogP contribution is -2.32. The van der Waals surface area contributed by atoms with Gasteiger partial charge in [-0.2, -0.15) is 0 Å². The molecule has 3 N–H and O–H groups in total. The number of nitrogens with two attached hydrogens (primary N) is 1. The minimum Gasteiger partial charge on any atom is -0.370 e. The number of amides is 2. The third-order valence-electron chi connectivity index (χ3n) is 5.43. The maximum Gasteiger partial charge on any atom is 0.240 e. The lowest BCUT2D eigenvalue weighted by atomic mass is 9.81. The highest BCUT2D eigenvalue weighted by Gasteiger charge is 2.58. The lowest BCUT2D eigenvalue weighted by molar-refractivity contribution is -0.123.